The predicted octanol–water partition coefficient (Wildman–Crippen LogP) is 10.9. The third-order valence-corrected chi connectivity index (χ3v) is 8.61. The molecule has 8 aromatic rings. The second-order valence-electron chi connectivity index (χ2n) is 11.2. The Morgan fingerprint density at radius 1 is 0.361 bits per heavy atom. The van der Waals surface area contributed by atoms with E-state index in [4.69, 9.17) is 0 Å². The molecule has 172 valence electrons. The minimum Gasteiger partial charge on any atom is -0.0616 e. The summed E-state index contributed by atoms with van der Waals surface area (Å²) >= 11 is 0. The molecular weight excluding hydrogens is 432 g/mol. The smallest absolute Gasteiger partial charge is 0.00198 e. The van der Waals surface area contributed by atoms with Gasteiger partial charge in [-0.2, -0.15) is 0 Å². The van der Waals surface area contributed by atoms with Crippen molar-refractivity contribution in [2.24, 2.45) is 0 Å². The van der Waals surface area contributed by atoms with Crippen molar-refractivity contribution in [3.63, 3.8) is 0 Å². The summed E-state index contributed by atoms with van der Waals surface area (Å²) in [4.78, 5) is 0. The van der Waals surface area contributed by atoms with Crippen LogP contribution in [0.1, 0.15) is 50.7 Å². The molecule has 0 bridgehead atoms. The van der Waals surface area contributed by atoms with Gasteiger partial charge in [-0.1, -0.05) is 107 Å². The lowest BCUT2D eigenvalue weighted by Crippen LogP contribution is -1.99. The van der Waals surface area contributed by atoms with E-state index in [1.165, 1.54) is 86.5 Å². The molecule has 0 fully saturated rings. The predicted molar refractivity (Wildman–Crippen MR) is 160 cm³/mol. The molecule has 0 aliphatic rings. The van der Waals surface area contributed by atoms with Crippen molar-refractivity contribution in [3.8, 4) is 0 Å². The molecule has 0 aliphatic heterocycles. The Labute approximate surface area is 210 Å². The van der Waals surface area contributed by atoms with Crippen LogP contribution in [0, 0.1) is 0 Å². The molecule has 0 saturated carbocycles. The van der Waals surface area contributed by atoms with Gasteiger partial charge < -0.3 is 0 Å². The molecule has 8 rings (SSSR count). The number of benzene rings is 6. The minimum absolute atomic E-state index is 0.410. The van der Waals surface area contributed by atoms with Gasteiger partial charge in [0.2, 0.25) is 0 Å². The Balaban J connectivity index is 1.80. The van der Waals surface area contributed by atoms with Crippen molar-refractivity contribution < 1.29 is 0 Å². The van der Waals surface area contributed by atoms with Crippen LogP contribution in [0.5, 0.6) is 0 Å². The van der Waals surface area contributed by atoms with Crippen LogP contribution in [0.2, 0.25) is 0 Å². The quantitative estimate of drug-likeness (QED) is 0.225. The van der Waals surface area contributed by atoms with E-state index in [2.05, 4.69) is 113 Å². The maximum Gasteiger partial charge on any atom is -0.00198 e. The average molecular weight is 461 g/mol. The summed E-state index contributed by atoms with van der Waals surface area (Å²) in [5, 5.41) is 19.8. The third-order valence-electron chi connectivity index (χ3n) is 8.61. The first-order chi connectivity index (χ1) is 17.6. The zero-order chi connectivity index (χ0) is 24.3. The standard InChI is InChI=1S/C36H28/c1-19(2)30-29-18-28-23-13-6-5-12-22(23)24-14-9-17-27(33(24)28)34(29)31(20(3)4)36-26-16-8-11-21-10-7-15-25(32(21)26)35(30)36/h5-20H,1-4H3. The Morgan fingerprint density at radius 3 is 1.50 bits per heavy atom. The number of hydrogen-bond donors (Lipinski definition) is 0. The molecule has 0 saturated heterocycles. The average Bonchev–Trinajstić information content (AvgIpc) is 3.38. The zero-order valence-electron chi connectivity index (χ0n) is 21.2. The van der Waals surface area contributed by atoms with Crippen molar-refractivity contribution in [1.82, 2.24) is 0 Å². The van der Waals surface area contributed by atoms with E-state index in [9.17, 15) is 0 Å². The highest BCUT2D eigenvalue weighted by molar-refractivity contribution is 6.39. The highest BCUT2D eigenvalue weighted by atomic mass is 14.3. The third kappa shape index (κ3) is 2.31. The van der Waals surface area contributed by atoms with Crippen LogP contribution in [-0.4, -0.2) is 0 Å². The molecule has 0 aromatic heterocycles. The van der Waals surface area contributed by atoms with E-state index in [1.54, 1.807) is 0 Å². The fourth-order valence-corrected chi connectivity index (χ4v) is 7.40. The van der Waals surface area contributed by atoms with E-state index in [0.717, 1.165) is 0 Å². The van der Waals surface area contributed by atoms with Crippen molar-refractivity contribution in [2.45, 2.75) is 39.5 Å². The highest BCUT2D eigenvalue weighted by Gasteiger charge is 2.26. The van der Waals surface area contributed by atoms with Gasteiger partial charge in [-0.05, 0) is 104 Å². The Hall–Kier alpha value is -3.90. The summed E-state index contributed by atoms with van der Waals surface area (Å²) in [6, 6.07) is 32.2. The minimum atomic E-state index is 0.410. The van der Waals surface area contributed by atoms with E-state index >= 15 is 0 Å². The molecule has 0 spiro atoms. The molecule has 0 atom stereocenters. The van der Waals surface area contributed by atoms with Crippen LogP contribution >= 0.6 is 0 Å². The van der Waals surface area contributed by atoms with Gasteiger partial charge in [-0.25, -0.2) is 0 Å². The lowest BCUT2D eigenvalue weighted by molar-refractivity contribution is 0.875. The Morgan fingerprint density at radius 2 is 0.861 bits per heavy atom. The van der Waals surface area contributed by atoms with Crippen molar-refractivity contribution in [2.75, 3.05) is 0 Å². The molecule has 0 unspecified atom stereocenters. The maximum absolute atomic E-state index is 2.54. The molecule has 0 nitrogen and oxygen atoms in total. The van der Waals surface area contributed by atoms with Crippen molar-refractivity contribution in [3.05, 3.63) is 96.1 Å². The molecule has 8 aromatic carbocycles. The van der Waals surface area contributed by atoms with Crippen LogP contribution in [0.4, 0.5) is 0 Å². The van der Waals surface area contributed by atoms with Crippen LogP contribution in [-0.2, 0) is 0 Å². The lowest BCUT2D eigenvalue weighted by atomic mass is 9.82. The van der Waals surface area contributed by atoms with E-state index in [-0.39, 0.29) is 0 Å². The first kappa shape index (κ1) is 20.3. The topological polar surface area (TPSA) is 0 Å². The number of fused-ring (bicyclic) bond motifs is 8. The van der Waals surface area contributed by atoms with Crippen LogP contribution in [0.25, 0.3) is 75.4 Å². The van der Waals surface area contributed by atoms with Gasteiger partial charge in [0.05, 0.1) is 0 Å². The van der Waals surface area contributed by atoms with Crippen LogP contribution in [0.3, 0.4) is 0 Å². The molecular formula is C36H28. The molecule has 0 heterocycles. The first-order valence-electron chi connectivity index (χ1n) is 13.3. The van der Waals surface area contributed by atoms with Gasteiger partial charge >= 0.3 is 0 Å². The first-order valence-corrected chi connectivity index (χ1v) is 13.3. The molecule has 0 heteroatoms. The zero-order valence-corrected chi connectivity index (χ0v) is 21.2. The number of rotatable bonds is 2. The number of hydrogen-bond acceptors (Lipinski definition) is 0. The monoisotopic (exact) mass is 460 g/mol. The summed E-state index contributed by atoms with van der Waals surface area (Å²) < 4.78 is 0. The summed E-state index contributed by atoms with van der Waals surface area (Å²) in [5.74, 6) is 0.823. The van der Waals surface area contributed by atoms with E-state index in [1.807, 2.05) is 0 Å². The molecule has 0 amide bonds. The van der Waals surface area contributed by atoms with Crippen LogP contribution < -0.4 is 0 Å². The second-order valence-corrected chi connectivity index (χ2v) is 11.2. The fourth-order valence-electron chi connectivity index (χ4n) is 7.40. The van der Waals surface area contributed by atoms with Gasteiger partial charge in [0.15, 0.2) is 0 Å². The maximum atomic E-state index is 2.54. The van der Waals surface area contributed by atoms with E-state index < -0.39 is 0 Å². The van der Waals surface area contributed by atoms with Gasteiger partial charge in [0.25, 0.3) is 0 Å². The molecule has 0 aliphatic carbocycles. The van der Waals surface area contributed by atoms with Gasteiger partial charge in [-0.15, -0.1) is 0 Å². The largest absolute Gasteiger partial charge is 0.0616 e. The van der Waals surface area contributed by atoms with Crippen LogP contribution in [0.15, 0.2) is 84.9 Å². The Bertz CT molecular complexity index is 2130. The molecule has 36 heavy (non-hydrogen) atoms. The van der Waals surface area contributed by atoms with Gasteiger partial charge in [-0.3, -0.25) is 0 Å². The normalized spacial score (nSPS) is 12.9. The lowest BCUT2D eigenvalue weighted by Gasteiger charge is -2.22. The summed E-state index contributed by atoms with van der Waals surface area (Å²) in [7, 11) is 0. The SMILES string of the molecule is CC(C)c1c2cc3c4ccccc4c4cccc(c2c(C(C)C)c2c5cccc6cccc(c12)c65)c43. The molecule has 0 radical (unpaired) electrons. The highest BCUT2D eigenvalue weighted by Crippen LogP contribution is 2.52. The van der Waals surface area contributed by atoms with Gasteiger partial charge in [0.1, 0.15) is 0 Å². The van der Waals surface area contributed by atoms with Crippen molar-refractivity contribution >= 4 is 75.4 Å². The fraction of sp³-hybridized carbons (Fsp3) is 0.167. The summed E-state index contributed by atoms with van der Waals surface area (Å²) in [6.45, 7) is 9.51. The van der Waals surface area contributed by atoms with Gasteiger partial charge in [0, 0.05) is 0 Å². The van der Waals surface area contributed by atoms with Crippen molar-refractivity contribution in [1.29, 1.82) is 0 Å². The summed E-state index contributed by atoms with van der Waals surface area (Å²) in [5.41, 5.74) is 3.01. The summed E-state index contributed by atoms with van der Waals surface area (Å²) in [6.07, 6.45) is 0. The second kappa shape index (κ2) is 6.86. The molecule has 0 N–H and O–H groups in total. The van der Waals surface area contributed by atoms with E-state index in [0.29, 0.717) is 11.8 Å². The Kier molecular flexibility index (Phi) is 3.87.